The first-order chi connectivity index (χ1) is 12.0. The van der Waals surface area contributed by atoms with Crippen LogP contribution in [-0.2, 0) is 14.3 Å². The van der Waals surface area contributed by atoms with Gasteiger partial charge in [0.2, 0.25) is 5.91 Å². The van der Waals surface area contributed by atoms with Crippen LogP contribution in [0.2, 0.25) is 0 Å². The van der Waals surface area contributed by atoms with Crippen LogP contribution >= 0.6 is 0 Å². The smallest absolute Gasteiger partial charge is 0.312 e. The van der Waals surface area contributed by atoms with Crippen molar-refractivity contribution in [2.75, 3.05) is 6.54 Å². The van der Waals surface area contributed by atoms with Gasteiger partial charge in [0.15, 0.2) is 0 Å². The zero-order valence-electron chi connectivity index (χ0n) is 14.5. The summed E-state index contributed by atoms with van der Waals surface area (Å²) in [6.45, 7) is 1.63. The maximum absolute atomic E-state index is 13.0. The topological polar surface area (TPSA) is 75.6 Å². The highest BCUT2D eigenvalue weighted by Crippen LogP contribution is 2.21. The molecule has 1 aliphatic rings. The molecule has 2 N–H and O–H groups in total. The summed E-state index contributed by atoms with van der Waals surface area (Å²) >= 11 is 0. The number of rotatable bonds is 7. The van der Waals surface area contributed by atoms with Crippen molar-refractivity contribution >= 4 is 11.9 Å². The van der Waals surface area contributed by atoms with Crippen LogP contribution < -0.4 is 5.32 Å². The maximum atomic E-state index is 13.0. The molecule has 1 aromatic rings. The molecular formula is C19H26FNO4. The van der Waals surface area contributed by atoms with E-state index in [2.05, 4.69) is 5.32 Å². The Morgan fingerprint density at radius 3 is 2.36 bits per heavy atom. The lowest BCUT2D eigenvalue weighted by Crippen LogP contribution is -2.40. The standard InChI is InChI=1S/C19H26FNO4/c1-13(25-16-6-4-2-3-5-7-16)18(22)21-12-17(19(23)24)14-8-10-15(20)11-9-14/h8-11,13,16-17H,2-7,12H2,1H3,(H,21,22)(H,23,24). The van der Waals surface area contributed by atoms with Crippen LogP contribution in [0.1, 0.15) is 56.9 Å². The van der Waals surface area contributed by atoms with Crippen LogP contribution in [0.4, 0.5) is 4.39 Å². The third-order valence-corrected chi connectivity index (χ3v) is 4.62. The van der Waals surface area contributed by atoms with Gasteiger partial charge in [-0.15, -0.1) is 0 Å². The summed E-state index contributed by atoms with van der Waals surface area (Å²) in [5, 5.41) is 12.0. The van der Waals surface area contributed by atoms with Crippen LogP contribution in [0.3, 0.4) is 0 Å². The summed E-state index contributed by atoms with van der Waals surface area (Å²) in [6.07, 6.45) is 6.04. The molecule has 1 amide bonds. The number of halogens is 1. The van der Waals surface area contributed by atoms with Gasteiger partial charge in [-0.25, -0.2) is 4.39 Å². The number of carboxylic acid groups (broad SMARTS) is 1. The van der Waals surface area contributed by atoms with E-state index in [9.17, 15) is 19.1 Å². The molecule has 5 nitrogen and oxygen atoms in total. The maximum Gasteiger partial charge on any atom is 0.312 e. The number of benzene rings is 1. The molecular weight excluding hydrogens is 325 g/mol. The number of carboxylic acids is 1. The van der Waals surface area contributed by atoms with Crippen molar-refractivity contribution in [2.24, 2.45) is 0 Å². The van der Waals surface area contributed by atoms with Gasteiger partial charge in [0.1, 0.15) is 11.9 Å². The van der Waals surface area contributed by atoms with Gasteiger partial charge < -0.3 is 15.2 Å². The number of hydrogen-bond donors (Lipinski definition) is 2. The molecule has 0 saturated heterocycles. The lowest BCUT2D eigenvalue weighted by Gasteiger charge is -2.21. The van der Waals surface area contributed by atoms with E-state index in [-0.39, 0.29) is 18.6 Å². The molecule has 0 spiro atoms. The second kappa shape index (κ2) is 9.51. The molecule has 1 aliphatic carbocycles. The first-order valence-corrected chi connectivity index (χ1v) is 8.89. The number of ether oxygens (including phenoxy) is 1. The Kier molecular flexibility index (Phi) is 7.37. The summed E-state index contributed by atoms with van der Waals surface area (Å²) in [7, 11) is 0. The molecule has 6 heteroatoms. The van der Waals surface area contributed by atoms with Gasteiger partial charge in [0.05, 0.1) is 12.0 Å². The number of carbonyl (C=O) groups excluding carboxylic acids is 1. The van der Waals surface area contributed by atoms with Gasteiger partial charge in [-0.3, -0.25) is 9.59 Å². The summed E-state index contributed by atoms with van der Waals surface area (Å²) in [5.41, 5.74) is 0.450. The average Bonchev–Trinajstić information content (AvgIpc) is 2.84. The SMILES string of the molecule is CC(OC1CCCCCC1)C(=O)NCC(C(=O)O)c1ccc(F)cc1. The van der Waals surface area contributed by atoms with Gasteiger partial charge >= 0.3 is 5.97 Å². The Morgan fingerprint density at radius 2 is 1.80 bits per heavy atom. The van der Waals surface area contributed by atoms with Crippen molar-refractivity contribution in [3.63, 3.8) is 0 Å². The highest BCUT2D eigenvalue weighted by molar-refractivity contribution is 5.82. The van der Waals surface area contributed by atoms with Crippen molar-refractivity contribution < 1.29 is 23.8 Å². The van der Waals surface area contributed by atoms with Gasteiger partial charge in [-0.2, -0.15) is 0 Å². The zero-order chi connectivity index (χ0) is 18.2. The number of carbonyl (C=O) groups is 2. The van der Waals surface area contributed by atoms with Gasteiger partial charge in [0.25, 0.3) is 0 Å². The Labute approximate surface area is 147 Å². The number of nitrogens with one attached hydrogen (secondary N) is 1. The summed E-state index contributed by atoms with van der Waals surface area (Å²) in [4.78, 5) is 23.7. The predicted octanol–water partition coefficient (Wildman–Crippen LogP) is 3.24. The van der Waals surface area contributed by atoms with E-state index in [1.165, 1.54) is 37.1 Å². The van der Waals surface area contributed by atoms with Crippen molar-refractivity contribution in [1.29, 1.82) is 0 Å². The monoisotopic (exact) mass is 351 g/mol. The summed E-state index contributed by atoms with van der Waals surface area (Å²) in [6, 6.07) is 5.27. The quantitative estimate of drug-likeness (QED) is 0.740. The molecule has 2 unspecified atom stereocenters. The van der Waals surface area contributed by atoms with E-state index in [0.717, 1.165) is 25.7 Å². The van der Waals surface area contributed by atoms with E-state index in [4.69, 9.17) is 4.74 Å². The second-order valence-corrected chi connectivity index (χ2v) is 6.58. The summed E-state index contributed by atoms with van der Waals surface area (Å²) in [5.74, 6) is -2.74. The van der Waals surface area contributed by atoms with Crippen LogP contribution in [0.25, 0.3) is 0 Å². The normalized spacial score (nSPS) is 18.2. The number of amides is 1. The molecule has 1 saturated carbocycles. The predicted molar refractivity (Wildman–Crippen MR) is 91.8 cm³/mol. The molecule has 138 valence electrons. The van der Waals surface area contributed by atoms with E-state index in [1.54, 1.807) is 6.92 Å². The largest absolute Gasteiger partial charge is 0.481 e. The fourth-order valence-electron chi connectivity index (χ4n) is 3.12. The first-order valence-electron chi connectivity index (χ1n) is 8.89. The molecule has 0 heterocycles. The van der Waals surface area contributed by atoms with E-state index >= 15 is 0 Å². The molecule has 2 rings (SSSR count). The molecule has 1 aromatic carbocycles. The van der Waals surface area contributed by atoms with Crippen LogP contribution in [0, 0.1) is 5.82 Å². The Hall–Kier alpha value is -1.95. The molecule has 0 aromatic heterocycles. The van der Waals surface area contributed by atoms with E-state index < -0.39 is 23.8 Å². The Balaban J connectivity index is 1.87. The minimum Gasteiger partial charge on any atom is -0.481 e. The summed E-state index contributed by atoms with van der Waals surface area (Å²) < 4.78 is 18.8. The molecule has 0 radical (unpaired) electrons. The second-order valence-electron chi connectivity index (χ2n) is 6.58. The first kappa shape index (κ1) is 19.4. The molecule has 2 atom stereocenters. The fraction of sp³-hybridized carbons (Fsp3) is 0.579. The molecule has 25 heavy (non-hydrogen) atoms. The van der Waals surface area contributed by atoms with Crippen molar-refractivity contribution in [2.45, 2.75) is 63.6 Å². The van der Waals surface area contributed by atoms with Crippen LogP contribution in [0.5, 0.6) is 0 Å². The van der Waals surface area contributed by atoms with Gasteiger partial charge in [-0.1, -0.05) is 37.8 Å². The van der Waals surface area contributed by atoms with Crippen molar-refractivity contribution in [3.05, 3.63) is 35.6 Å². The minimum absolute atomic E-state index is 0.0574. The van der Waals surface area contributed by atoms with Crippen LogP contribution in [0.15, 0.2) is 24.3 Å². The van der Waals surface area contributed by atoms with Crippen molar-refractivity contribution in [1.82, 2.24) is 5.32 Å². The lowest BCUT2D eigenvalue weighted by atomic mass is 9.99. The highest BCUT2D eigenvalue weighted by atomic mass is 19.1. The van der Waals surface area contributed by atoms with E-state index in [1.807, 2.05) is 0 Å². The molecule has 0 aliphatic heterocycles. The molecule has 1 fully saturated rings. The average molecular weight is 351 g/mol. The third kappa shape index (κ3) is 6.12. The minimum atomic E-state index is -1.07. The number of hydrogen-bond acceptors (Lipinski definition) is 3. The third-order valence-electron chi connectivity index (χ3n) is 4.62. The van der Waals surface area contributed by atoms with Gasteiger partial charge in [0, 0.05) is 6.54 Å². The lowest BCUT2D eigenvalue weighted by molar-refractivity contribution is -0.139. The highest BCUT2D eigenvalue weighted by Gasteiger charge is 2.24. The zero-order valence-corrected chi connectivity index (χ0v) is 14.5. The van der Waals surface area contributed by atoms with Crippen LogP contribution in [-0.4, -0.2) is 35.7 Å². The van der Waals surface area contributed by atoms with Gasteiger partial charge in [-0.05, 0) is 37.5 Å². The Bertz CT molecular complexity index is 567. The van der Waals surface area contributed by atoms with Crippen molar-refractivity contribution in [3.8, 4) is 0 Å². The molecule has 0 bridgehead atoms. The Morgan fingerprint density at radius 1 is 1.20 bits per heavy atom. The number of aliphatic carboxylic acids is 1. The van der Waals surface area contributed by atoms with E-state index in [0.29, 0.717) is 5.56 Å². The fourth-order valence-corrected chi connectivity index (χ4v) is 3.12.